The molecule has 6 nitrogen and oxygen atoms in total. The highest BCUT2D eigenvalue weighted by Crippen LogP contribution is 2.21. The fraction of sp³-hybridized carbons (Fsp3) is 0.562. The second kappa shape index (κ2) is 7.58. The highest BCUT2D eigenvalue weighted by atomic mass is 32.2. The lowest BCUT2D eigenvalue weighted by atomic mass is 10.1. The van der Waals surface area contributed by atoms with Crippen molar-refractivity contribution < 1.29 is 22.4 Å². The summed E-state index contributed by atoms with van der Waals surface area (Å²) < 4.78 is 39.4. The topological polar surface area (TPSA) is 75.7 Å². The van der Waals surface area contributed by atoms with E-state index in [-0.39, 0.29) is 22.8 Å². The van der Waals surface area contributed by atoms with E-state index >= 15 is 0 Å². The molecule has 1 rings (SSSR count). The number of carbonyl (C=O) groups is 1. The van der Waals surface area contributed by atoms with Crippen molar-refractivity contribution in [1.29, 1.82) is 0 Å². The van der Waals surface area contributed by atoms with Gasteiger partial charge in [0.2, 0.25) is 5.91 Å². The van der Waals surface area contributed by atoms with Crippen LogP contribution in [0.1, 0.15) is 46.6 Å². The van der Waals surface area contributed by atoms with Crippen LogP contribution in [0.25, 0.3) is 0 Å². The zero-order valence-electron chi connectivity index (χ0n) is 14.9. The molecule has 24 heavy (non-hydrogen) atoms. The van der Waals surface area contributed by atoms with Crippen molar-refractivity contribution >= 4 is 15.9 Å². The van der Waals surface area contributed by atoms with Crippen LogP contribution in [-0.2, 0) is 19.7 Å². The van der Waals surface area contributed by atoms with Gasteiger partial charge in [-0.1, -0.05) is 13.8 Å². The number of hydrogen-bond donors (Lipinski definition) is 1. The van der Waals surface area contributed by atoms with E-state index in [0.29, 0.717) is 4.58 Å². The summed E-state index contributed by atoms with van der Waals surface area (Å²) in [4.78, 5) is 17.2. The molecule has 1 aromatic carbocycles. The van der Waals surface area contributed by atoms with Crippen LogP contribution in [0, 0.1) is 18.7 Å². The lowest BCUT2D eigenvalue weighted by molar-refractivity contribution is -0.199. The maximum Gasteiger partial charge on any atom is 0.283 e. The van der Waals surface area contributed by atoms with Gasteiger partial charge in [-0.05, 0) is 57.4 Å². The Labute approximate surface area is 143 Å². The van der Waals surface area contributed by atoms with Crippen molar-refractivity contribution in [3.63, 3.8) is 0 Å². The number of benzene rings is 1. The van der Waals surface area contributed by atoms with E-state index in [1.807, 2.05) is 13.8 Å². The van der Waals surface area contributed by atoms with Crippen LogP contribution >= 0.6 is 0 Å². The highest BCUT2D eigenvalue weighted by molar-refractivity contribution is 7.89. The van der Waals surface area contributed by atoms with Gasteiger partial charge in [0.15, 0.2) is 0 Å². The lowest BCUT2D eigenvalue weighted by Crippen LogP contribution is -2.49. The molecule has 1 aromatic rings. The summed E-state index contributed by atoms with van der Waals surface area (Å²) in [6.07, 6.45) is 0.141. The fourth-order valence-corrected chi connectivity index (χ4v) is 3.07. The number of rotatable bonds is 6. The molecule has 0 aliphatic heterocycles. The molecule has 136 valence electrons. The largest absolute Gasteiger partial charge is 0.283 e. The standard InChI is InChI=1S/C16H25FN2O4S/c1-11(2)9-15(20)18-19(23-16(4,5)6)24(21,22)13-7-8-14(17)12(3)10-13/h7-8,10-11H,9H2,1-6H3,(H,18,20). The van der Waals surface area contributed by atoms with Gasteiger partial charge < -0.3 is 0 Å². The molecule has 0 atom stereocenters. The van der Waals surface area contributed by atoms with E-state index in [4.69, 9.17) is 4.84 Å². The second-order valence-corrected chi connectivity index (χ2v) is 8.73. The van der Waals surface area contributed by atoms with Crippen LogP contribution < -0.4 is 5.43 Å². The maximum atomic E-state index is 13.4. The molecule has 0 fully saturated rings. The van der Waals surface area contributed by atoms with Gasteiger partial charge in [0.05, 0.1) is 10.5 Å². The minimum absolute atomic E-state index is 0.0530. The normalized spacial score (nSPS) is 12.7. The van der Waals surface area contributed by atoms with Gasteiger partial charge in [-0.3, -0.25) is 15.1 Å². The van der Waals surface area contributed by atoms with E-state index in [2.05, 4.69) is 5.43 Å². The third kappa shape index (κ3) is 5.85. The van der Waals surface area contributed by atoms with E-state index in [1.165, 1.54) is 13.0 Å². The number of hydrogen-bond acceptors (Lipinski definition) is 4. The second-order valence-electron chi connectivity index (χ2n) is 6.98. The Hall–Kier alpha value is -1.51. The molecule has 0 saturated carbocycles. The van der Waals surface area contributed by atoms with Crippen LogP contribution in [0.2, 0.25) is 0 Å². The number of halogens is 1. The van der Waals surface area contributed by atoms with Gasteiger partial charge in [-0.25, -0.2) is 12.8 Å². The van der Waals surface area contributed by atoms with Crippen LogP contribution in [0.5, 0.6) is 0 Å². The molecule has 0 bridgehead atoms. The molecule has 0 aromatic heterocycles. The third-order valence-corrected chi connectivity index (χ3v) is 4.26. The quantitative estimate of drug-likeness (QED) is 0.792. The van der Waals surface area contributed by atoms with Crippen molar-refractivity contribution in [1.82, 2.24) is 10.0 Å². The first-order valence-corrected chi connectivity index (χ1v) is 9.07. The predicted molar refractivity (Wildman–Crippen MR) is 88.6 cm³/mol. The molecule has 1 N–H and O–H groups in total. The van der Waals surface area contributed by atoms with Crippen molar-refractivity contribution in [2.24, 2.45) is 5.92 Å². The van der Waals surface area contributed by atoms with Crippen LogP contribution in [0.4, 0.5) is 4.39 Å². The minimum Gasteiger partial charge on any atom is -0.274 e. The number of carbonyl (C=O) groups excluding carboxylic acids is 1. The van der Waals surface area contributed by atoms with Gasteiger partial charge >= 0.3 is 0 Å². The number of hydrazine groups is 1. The summed E-state index contributed by atoms with van der Waals surface area (Å²) >= 11 is 0. The zero-order chi connectivity index (χ0) is 18.7. The van der Waals surface area contributed by atoms with Crippen LogP contribution in [0.3, 0.4) is 0 Å². The van der Waals surface area contributed by atoms with Crippen molar-refractivity contribution in [3.8, 4) is 0 Å². The Morgan fingerprint density at radius 1 is 1.33 bits per heavy atom. The summed E-state index contributed by atoms with van der Waals surface area (Å²) in [5, 5.41) is 0. The number of aryl methyl sites for hydroxylation is 1. The first kappa shape index (κ1) is 20.5. The lowest BCUT2D eigenvalue weighted by Gasteiger charge is -2.29. The predicted octanol–water partition coefficient (Wildman–Crippen LogP) is 2.93. The van der Waals surface area contributed by atoms with Gasteiger partial charge in [0.1, 0.15) is 5.82 Å². The first-order valence-electron chi connectivity index (χ1n) is 7.63. The molecule has 0 unspecified atom stereocenters. The monoisotopic (exact) mass is 360 g/mol. The van der Waals surface area contributed by atoms with Crippen LogP contribution in [-0.4, -0.2) is 24.5 Å². The number of nitrogens with one attached hydrogen (secondary N) is 1. The van der Waals surface area contributed by atoms with E-state index in [0.717, 1.165) is 12.1 Å². The first-order chi connectivity index (χ1) is 10.8. The summed E-state index contributed by atoms with van der Waals surface area (Å²) in [6.45, 7) is 10.1. The van der Waals surface area contributed by atoms with Gasteiger partial charge in [-0.15, -0.1) is 0 Å². The van der Waals surface area contributed by atoms with E-state index in [9.17, 15) is 17.6 Å². The summed E-state index contributed by atoms with van der Waals surface area (Å²) in [5.41, 5.74) is 1.58. The summed E-state index contributed by atoms with van der Waals surface area (Å²) in [7, 11) is -4.19. The minimum atomic E-state index is -4.19. The van der Waals surface area contributed by atoms with Crippen molar-refractivity contribution in [2.75, 3.05) is 0 Å². The molecular formula is C16H25FN2O4S. The van der Waals surface area contributed by atoms with Crippen molar-refractivity contribution in [2.45, 2.75) is 58.5 Å². The Bertz CT molecular complexity index is 697. The Morgan fingerprint density at radius 3 is 2.38 bits per heavy atom. The number of sulfonamides is 1. The van der Waals surface area contributed by atoms with Gasteiger partial charge in [0.25, 0.3) is 10.0 Å². The van der Waals surface area contributed by atoms with E-state index < -0.39 is 27.3 Å². The third-order valence-electron chi connectivity index (χ3n) is 2.81. The highest BCUT2D eigenvalue weighted by Gasteiger charge is 2.32. The SMILES string of the molecule is Cc1cc(S(=O)(=O)N(NC(=O)CC(C)C)OC(C)(C)C)ccc1F. The molecule has 1 amide bonds. The number of amides is 1. The van der Waals surface area contributed by atoms with Crippen LogP contribution in [0.15, 0.2) is 23.1 Å². The number of nitrogens with zero attached hydrogens (tertiary/aromatic N) is 1. The maximum absolute atomic E-state index is 13.4. The molecule has 0 spiro atoms. The Morgan fingerprint density at radius 2 is 1.92 bits per heavy atom. The summed E-state index contributed by atoms with van der Waals surface area (Å²) in [5.74, 6) is -0.949. The Kier molecular flexibility index (Phi) is 6.49. The Balaban J connectivity index is 3.20. The average molecular weight is 360 g/mol. The smallest absolute Gasteiger partial charge is 0.274 e. The van der Waals surface area contributed by atoms with Gasteiger partial charge in [-0.2, -0.15) is 0 Å². The molecule has 0 radical (unpaired) electrons. The average Bonchev–Trinajstić information content (AvgIpc) is 2.38. The van der Waals surface area contributed by atoms with Crippen molar-refractivity contribution in [3.05, 3.63) is 29.6 Å². The fourth-order valence-electron chi connectivity index (χ4n) is 1.77. The molecule has 0 aliphatic carbocycles. The molecule has 8 heteroatoms. The summed E-state index contributed by atoms with van der Waals surface area (Å²) in [6, 6.07) is 3.39. The molecule has 0 aliphatic rings. The molecule has 0 saturated heterocycles. The van der Waals surface area contributed by atoms with Gasteiger partial charge in [0, 0.05) is 11.0 Å². The zero-order valence-corrected chi connectivity index (χ0v) is 15.7. The molecule has 0 heterocycles. The van der Waals surface area contributed by atoms with E-state index in [1.54, 1.807) is 20.8 Å². The molecular weight excluding hydrogens is 335 g/mol.